The summed E-state index contributed by atoms with van der Waals surface area (Å²) in [6.45, 7) is 0.570. The van der Waals surface area contributed by atoms with Gasteiger partial charge in [0.2, 0.25) is 0 Å². The molecular formula is C13H17IN2O3. The number of benzene rings is 1. The SMILES string of the molecule is CN(CC1(O)CCCC1)c1ccc([N+](=O)[O-])cc1I. The summed E-state index contributed by atoms with van der Waals surface area (Å²) in [6.07, 6.45) is 3.81. The molecule has 1 N–H and O–H groups in total. The standard InChI is InChI=1S/C13H17IN2O3/c1-15(9-13(17)6-2-3-7-13)12-5-4-10(16(18)19)8-11(12)14/h4-5,8,17H,2-3,6-7,9H2,1H3. The maximum absolute atomic E-state index is 10.7. The van der Waals surface area contributed by atoms with Crippen LogP contribution in [0.1, 0.15) is 25.7 Å². The molecule has 0 aliphatic heterocycles. The zero-order valence-corrected chi connectivity index (χ0v) is 13.0. The van der Waals surface area contributed by atoms with Gasteiger partial charge in [0, 0.05) is 29.3 Å². The van der Waals surface area contributed by atoms with E-state index in [1.54, 1.807) is 12.1 Å². The molecule has 2 rings (SSSR count). The highest BCUT2D eigenvalue weighted by molar-refractivity contribution is 14.1. The minimum atomic E-state index is -0.612. The molecule has 19 heavy (non-hydrogen) atoms. The van der Waals surface area contributed by atoms with Gasteiger partial charge in [0.25, 0.3) is 5.69 Å². The number of hydrogen-bond donors (Lipinski definition) is 1. The van der Waals surface area contributed by atoms with Crippen LogP contribution >= 0.6 is 22.6 Å². The number of nitro benzene ring substituents is 1. The summed E-state index contributed by atoms with van der Waals surface area (Å²) in [5, 5.41) is 21.1. The number of non-ortho nitro benzene ring substituents is 1. The van der Waals surface area contributed by atoms with Gasteiger partial charge in [0.05, 0.1) is 16.2 Å². The van der Waals surface area contributed by atoms with E-state index in [2.05, 4.69) is 22.6 Å². The van der Waals surface area contributed by atoms with Gasteiger partial charge in [-0.05, 0) is 41.5 Å². The summed E-state index contributed by atoms with van der Waals surface area (Å²) in [6, 6.07) is 4.82. The Bertz CT molecular complexity index is 487. The minimum Gasteiger partial charge on any atom is -0.388 e. The molecule has 1 aliphatic carbocycles. The fraction of sp³-hybridized carbons (Fsp3) is 0.538. The lowest BCUT2D eigenvalue weighted by atomic mass is 10.0. The van der Waals surface area contributed by atoms with E-state index < -0.39 is 10.5 Å². The van der Waals surface area contributed by atoms with Crippen molar-refractivity contribution in [3.8, 4) is 0 Å². The average molecular weight is 376 g/mol. The van der Waals surface area contributed by atoms with Crippen molar-refractivity contribution in [1.82, 2.24) is 0 Å². The van der Waals surface area contributed by atoms with E-state index in [0.29, 0.717) is 6.54 Å². The Labute approximate surface area is 125 Å². The molecule has 6 heteroatoms. The third-order valence-electron chi connectivity index (χ3n) is 3.62. The van der Waals surface area contributed by atoms with Crippen LogP contribution in [-0.4, -0.2) is 29.2 Å². The van der Waals surface area contributed by atoms with E-state index in [0.717, 1.165) is 34.9 Å². The van der Waals surface area contributed by atoms with Crippen molar-refractivity contribution in [1.29, 1.82) is 0 Å². The molecular weight excluding hydrogens is 359 g/mol. The highest BCUT2D eigenvalue weighted by Gasteiger charge is 2.32. The molecule has 0 bridgehead atoms. The van der Waals surface area contributed by atoms with Gasteiger partial charge in [-0.2, -0.15) is 0 Å². The van der Waals surface area contributed by atoms with Crippen LogP contribution in [0.3, 0.4) is 0 Å². The second kappa shape index (κ2) is 5.62. The van der Waals surface area contributed by atoms with Crippen molar-refractivity contribution in [3.63, 3.8) is 0 Å². The molecule has 1 aromatic rings. The summed E-state index contributed by atoms with van der Waals surface area (Å²) in [5.74, 6) is 0. The molecule has 1 aliphatic rings. The van der Waals surface area contributed by atoms with Gasteiger partial charge in [0.1, 0.15) is 0 Å². The van der Waals surface area contributed by atoms with Crippen LogP contribution in [0.25, 0.3) is 0 Å². The Morgan fingerprint density at radius 2 is 2.11 bits per heavy atom. The molecule has 5 nitrogen and oxygen atoms in total. The van der Waals surface area contributed by atoms with Gasteiger partial charge in [-0.15, -0.1) is 0 Å². The van der Waals surface area contributed by atoms with Crippen molar-refractivity contribution < 1.29 is 10.0 Å². The van der Waals surface area contributed by atoms with Gasteiger partial charge in [0.15, 0.2) is 0 Å². The minimum absolute atomic E-state index is 0.0983. The zero-order chi connectivity index (χ0) is 14.0. The van der Waals surface area contributed by atoms with E-state index in [1.807, 2.05) is 11.9 Å². The van der Waals surface area contributed by atoms with Crippen LogP contribution < -0.4 is 4.90 Å². The van der Waals surface area contributed by atoms with Crippen molar-refractivity contribution in [2.24, 2.45) is 0 Å². The molecule has 1 saturated carbocycles. The second-order valence-corrected chi connectivity index (χ2v) is 6.34. The number of nitrogens with zero attached hydrogens (tertiary/aromatic N) is 2. The number of aliphatic hydroxyl groups is 1. The normalized spacial score (nSPS) is 17.4. The van der Waals surface area contributed by atoms with E-state index in [-0.39, 0.29) is 5.69 Å². The molecule has 0 amide bonds. The summed E-state index contributed by atoms with van der Waals surface area (Å²) >= 11 is 2.10. The molecule has 0 radical (unpaired) electrons. The molecule has 0 unspecified atom stereocenters. The molecule has 0 atom stereocenters. The Hall–Kier alpha value is -0.890. The lowest BCUT2D eigenvalue weighted by Gasteiger charge is -2.30. The van der Waals surface area contributed by atoms with Crippen LogP contribution in [0.2, 0.25) is 0 Å². The van der Waals surface area contributed by atoms with E-state index in [4.69, 9.17) is 0 Å². The van der Waals surface area contributed by atoms with Crippen LogP contribution in [0, 0.1) is 13.7 Å². The maximum atomic E-state index is 10.7. The van der Waals surface area contributed by atoms with Gasteiger partial charge in [-0.3, -0.25) is 10.1 Å². The first-order valence-electron chi connectivity index (χ1n) is 6.29. The van der Waals surface area contributed by atoms with E-state index in [9.17, 15) is 15.2 Å². The number of rotatable bonds is 4. The fourth-order valence-electron chi connectivity index (χ4n) is 2.64. The molecule has 0 saturated heterocycles. The topological polar surface area (TPSA) is 66.6 Å². The number of likely N-dealkylation sites (N-methyl/N-ethyl adjacent to an activating group) is 1. The third kappa shape index (κ3) is 3.36. The zero-order valence-electron chi connectivity index (χ0n) is 10.8. The van der Waals surface area contributed by atoms with Gasteiger partial charge >= 0.3 is 0 Å². The summed E-state index contributed by atoms with van der Waals surface area (Å²) < 4.78 is 0.830. The van der Waals surface area contributed by atoms with E-state index in [1.165, 1.54) is 6.07 Å². The first-order chi connectivity index (χ1) is 8.91. The Morgan fingerprint density at radius 1 is 1.47 bits per heavy atom. The Morgan fingerprint density at radius 3 is 2.63 bits per heavy atom. The summed E-state index contributed by atoms with van der Waals surface area (Å²) in [7, 11) is 1.92. The number of anilines is 1. The van der Waals surface area contributed by atoms with Gasteiger partial charge < -0.3 is 10.0 Å². The molecule has 1 fully saturated rings. The largest absolute Gasteiger partial charge is 0.388 e. The highest BCUT2D eigenvalue weighted by atomic mass is 127. The van der Waals surface area contributed by atoms with E-state index >= 15 is 0 Å². The van der Waals surface area contributed by atoms with Crippen LogP contribution in [-0.2, 0) is 0 Å². The fourth-order valence-corrected chi connectivity index (χ4v) is 3.55. The summed E-state index contributed by atoms with van der Waals surface area (Å²) in [4.78, 5) is 12.3. The second-order valence-electron chi connectivity index (χ2n) is 5.18. The molecule has 0 heterocycles. The first kappa shape index (κ1) is 14.5. The van der Waals surface area contributed by atoms with Crippen LogP contribution in [0.15, 0.2) is 18.2 Å². The highest BCUT2D eigenvalue weighted by Crippen LogP contribution is 2.33. The lowest BCUT2D eigenvalue weighted by molar-refractivity contribution is -0.384. The van der Waals surface area contributed by atoms with Gasteiger partial charge in [-0.25, -0.2) is 0 Å². The molecule has 104 valence electrons. The number of hydrogen-bond acceptors (Lipinski definition) is 4. The van der Waals surface area contributed by atoms with Crippen LogP contribution in [0.4, 0.5) is 11.4 Å². The van der Waals surface area contributed by atoms with Crippen molar-refractivity contribution in [2.45, 2.75) is 31.3 Å². The molecule has 0 aromatic heterocycles. The summed E-state index contributed by atoms with van der Waals surface area (Å²) in [5.41, 5.74) is 0.409. The average Bonchev–Trinajstić information content (AvgIpc) is 2.75. The Kier molecular flexibility index (Phi) is 4.29. The van der Waals surface area contributed by atoms with Crippen molar-refractivity contribution in [2.75, 3.05) is 18.5 Å². The maximum Gasteiger partial charge on any atom is 0.270 e. The number of halogens is 1. The smallest absolute Gasteiger partial charge is 0.270 e. The van der Waals surface area contributed by atoms with Gasteiger partial charge in [-0.1, -0.05) is 12.8 Å². The predicted octanol–water partition coefficient (Wildman–Crippen LogP) is 2.94. The predicted molar refractivity (Wildman–Crippen MR) is 82.5 cm³/mol. The third-order valence-corrected chi connectivity index (χ3v) is 4.48. The van der Waals surface area contributed by atoms with Crippen molar-refractivity contribution >= 4 is 34.0 Å². The quantitative estimate of drug-likeness (QED) is 0.499. The van der Waals surface area contributed by atoms with Crippen LogP contribution in [0.5, 0.6) is 0 Å². The first-order valence-corrected chi connectivity index (χ1v) is 7.37. The monoisotopic (exact) mass is 376 g/mol. The lowest BCUT2D eigenvalue weighted by Crippen LogP contribution is -2.39. The Balaban J connectivity index is 2.15. The molecule has 1 aromatic carbocycles. The van der Waals surface area contributed by atoms with Crippen molar-refractivity contribution in [3.05, 3.63) is 31.9 Å². The number of nitro groups is 1. The molecule has 0 spiro atoms.